The van der Waals surface area contributed by atoms with Crippen LogP contribution >= 0.6 is 0 Å². The van der Waals surface area contributed by atoms with Gasteiger partial charge in [0.05, 0.1) is 25.5 Å². The maximum absolute atomic E-state index is 5.93. The molecule has 2 aromatic heterocycles. The molecule has 26 heavy (non-hydrogen) atoms. The fourth-order valence-corrected chi connectivity index (χ4v) is 2.65. The van der Waals surface area contributed by atoms with E-state index in [1.807, 2.05) is 36.4 Å². The van der Waals surface area contributed by atoms with Crippen molar-refractivity contribution in [1.82, 2.24) is 10.6 Å². The van der Waals surface area contributed by atoms with Crippen molar-refractivity contribution in [3.63, 3.8) is 0 Å². The van der Waals surface area contributed by atoms with Crippen LogP contribution in [0.1, 0.15) is 24.5 Å². The lowest BCUT2D eigenvalue weighted by Gasteiger charge is -2.16. The third kappa shape index (κ3) is 4.89. The van der Waals surface area contributed by atoms with Crippen molar-refractivity contribution in [2.45, 2.75) is 19.4 Å². The second kappa shape index (κ2) is 9.10. The number of hydrogen-bond donors (Lipinski definition) is 2. The summed E-state index contributed by atoms with van der Waals surface area (Å²) in [5, 5.41) is 7.82. The van der Waals surface area contributed by atoms with Gasteiger partial charge in [0.2, 0.25) is 0 Å². The van der Waals surface area contributed by atoms with Crippen molar-refractivity contribution in [3.8, 4) is 0 Å². The summed E-state index contributed by atoms with van der Waals surface area (Å²) in [4.78, 5) is 4.55. The van der Waals surface area contributed by atoms with Crippen LogP contribution in [-0.4, -0.2) is 32.8 Å². The zero-order valence-corrected chi connectivity index (χ0v) is 15.2. The number of hydrogen-bond acceptors (Lipinski definition) is 4. The van der Waals surface area contributed by atoms with E-state index in [9.17, 15) is 0 Å². The van der Waals surface area contributed by atoms with Crippen LogP contribution in [0.4, 0.5) is 0 Å². The topological polar surface area (TPSA) is 71.9 Å². The molecule has 0 saturated heterocycles. The lowest BCUT2D eigenvalue weighted by molar-refractivity contribution is 0.208. The molecule has 0 bridgehead atoms. The van der Waals surface area contributed by atoms with Crippen molar-refractivity contribution in [1.29, 1.82) is 0 Å². The maximum atomic E-state index is 5.93. The molecule has 1 aromatic carbocycles. The van der Waals surface area contributed by atoms with Crippen LogP contribution in [0.25, 0.3) is 11.0 Å². The fourth-order valence-electron chi connectivity index (χ4n) is 2.65. The van der Waals surface area contributed by atoms with Crippen LogP contribution in [0.3, 0.4) is 0 Å². The first-order valence-corrected chi connectivity index (χ1v) is 8.81. The molecule has 0 amide bonds. The van der Waals surface area contributed by atoms with Gasteiger partial charge in [-0.1, -0.05) is 18.2 Å². The minimum absolute atomic E-state index is 0.0141. The highest BCUT2D eigenvalue weighted by atomic mass is 16.5. The predicted molar refractivity (Wildman–Crippen MR) is 102 cm³/mol. The second-order valence-corrected chi connectivity index (χ2v) is 6.03. The summed E-state index contributed by atoms with van der Waals surface area (Å²) in [6, 6.07) is 13.9. The number of aliphatic imine (C=N–C) groups is 1. The number of benzene rings is 1. The van der Waals surface area contributed by atoms with Crippen LogP contribution in [0.15, 0.2) is 62.6 Å². The lowest BCUT2D eigenvalue weighted by Crippen LogP contribution is -2.40. The zero-order valence-electron chi connectivity index (χ0n) is 15.2. The fraction of sp³-hybridized carbons (Fsp3) is 0.350. The molecule has 0 aliphatic heterocycles. The van der Waals surface area contributed by atoms with E-state index in [0.717, 1.165) is 41.4 Å². The van der Waals surface area contributed by atoms with Gasteiger partial charge in [0, 0.05) is 25.5 Å². The van der Waals surface area contributed by atoms with Crippen LogP contribution < -0.4 is 10.6 Å². The highest BCUT2D eigenvalue weighted by Crippen LogP contribution is 2.23. The molecule has 0 radical (unpaired) electrons. The number of nitrogens with zero attached hydrogens (tertiary/aromatic N) is 1. The molecule has 0 aliphatic rings. The Balaban J connectivity index is 1.62. The number of nitrogens with one attached hydrogen (secondary N) is 2. The number of rotatable bonds is 8. The standard InChI is InChI=1S/C20H25N3O3/c1-15(19-14-16-6-3-4-8-18(16)26-19)23-20(22-11-13-24-2)21-10-9-17-7-5-12-25-17/h3-8,12,14-15H,9-11,13H2,1-2H3,(H2,21,22,23). The number of fused-ring (bicyclic) bond motifs is 1. The first-order chi connectivity index (χ1) is 12.8. The lowest BCUT2D eigenvalue weighted by atomic mass is 10.2. The van der Waals surface area contributed by atoms with E-state index in [2.05, 4.69) is 28.6 Å². The number of guanidine groups is 1. The van der Waals surface area contributed by atoms with Gasteiger partial charge in [0.15, 0.2) is 5.96 Å². The largest absolute Gasteiger partial charge is 0.469 e. The molecule has 3 aromatic rings. The molecular formula is C20H25N3O3. The van der Waals surface area contributed by atoms with E-state index in [4.69, 9.17) is 13.6 Å². The van der Waals surface area contributed by atoms with Gasteiger partial charge in [-0.15, -0.1) is 0 Å². The van der Waals surface area contributed by atoms with E-state index in [1.54, 1.807) is 13.4 Å². The van der Waals surface area contributed by atoms with Gasteiger partial charge in [-0.3, -0.25) is 4.99 Å². The van der Waals surface area contributed by atoms with Gasteiger partial charge in [-0.05, 0) is 31.2 Å². The van der Waals surface area contributed by atoms with Crippen LogP contribution in [0.2, 0.25) is 0 Å². The van der Waals surface area contributed by atoms with Gasteiger partial charge in [0.1, 0.15) is 17.1 Å². The number of furan rings is 2. The van der Waals surface area contributed by atoms with Crippen LogP contribution in [0, 0.1) is 0 Å². The molecule has 2 N–H and O–H groups in total. The van der Waals surface area contributed by atoms with Gasteiger partial charge in [-0.25, -0.2) is 0 Å². The Morgan fingerprint density at radius 2 is 2.12 bits per heavy atom. The minimum Gasteiger partial charge on any atom is -0.469 e. The molecule has 6 heteroatoms. The van der Waals surface area contributed by atoms with Crippen molar-refractivity contribution < 1.29 is 13.6 Å². The first kappa shape index (κ1) is 18.1. The number of ether oxygens (including phenoxy) is 1. The van der Waals surface area contributed by atoms with E-state index < -0.39 is 0 Å². The summed E-state index contributed by atoms with van der Waals surface area (Å²) in [5.74, 6) is 2.54. The molecule has 1 unspecified atom stereocenters. The second-order valence-electron chi connectivity index (χ2n) is 6.03. The SMILES string of the molecule is COCCN=C(NCCc1ccco1)NC(C)c1cc2ccccc2o1. The number of methoxy groups -OCH3 is 1. The van der Waals surface area contributed by atoms with Gasteiger partial charge in [-0.2, -0.15) is 0 Å². The first-order valence-electron chi connectivity index (χ1n) is 8.81. The normalized spacial score (nSPS) is 13.1. The third-order valence-electron chi connectivity index (χ3n) is 4.03. The van der Waals surface area contributed by atoms with Crippen molar-refractivity contribution >= 4 is 16.9 Å². The highest BCUT2D eigenvalue weighted by molar-refractivity contribution is 5.81. The summed E-state index contributed by atoms with van der Waals surface area (Å²) in [6.45, 7) is 3.93. The van der Waals surface area contributed by atoms with E-state index in [-0.39, 0.29) is 6.04 Å². The van der Waals surface area contributed by atoms with E-state index >= 15 is 0 Å². The van der Waals surface area contributed by atoms with Crippen LogP contribution in [0.5, 0.6) is 0 Å². The van der Waals surface area contributed by atoms with Crippen LogP contribution in [-0.2, 0) is 11.2 Å². The molecule has 1 atom stereocenters. The highest BCUT2D eigenvalue weighted by Gasteiger charge is 2.13. The van der Waals surface area contributed by atoms with Gasteiger partial charge >= 0.3 is 0 Å². The van der Waals surface area contributed by atoms with E-state index in [1.165, 1.54) is 0 Å². The molecule has 2 heterocycles. The monoisotopic (exact) mass is 355 g/mol. The summed E-state index contributed by atoms with van der Waals surface area (Å²) in [6.07, 6.45) is 2.47. The molecule has 0 fully saturated rings. The smallest absolute Gasteiger partial charge is 0.191 e. The van der Waals surface area contributed by atoms with E-state index in [0.29, 0.717) is 13.2 Å². The molecule has 0 saturated carbocycles. The third-order valence-corrected chi connectivity index (χ3v) is 4.03. The zero-order chi connectivity index (χ0) is 18.2. The summed E-state index contributed by atoms with van der Waals surface area (Å²) >= 11 is 0. The maximum Gasteiger partial charge on any atom is 0.191 e. The Morgan fingerprint density at radius 1 is 1.23 bits per heavy atom. The summed E-state index contributed by atoms with van der Waals surface area (Å²) < 4.78 is 16.4. The Kier molecular flexibility index (Phi) is 6.33. The average molecular weight is 355 g/mol. The molecular weight excluding hydrogens is 330 g/mol. The minimum atomic E-state index is -0.0141. The average Bonchev–Trinajstić information content (AvgIpc) is 3.31. The Bertz CT molecular complexity index is 791. The molecule has 0 spiro atoms. The quantitative estimate of drug-likeness (QED) is 0.367. The molecule has 0 aliphatic carbocycles. The molecule has 3 rings (SSSR count). The summed E-state index contributed by atoms with van der Waals surface area (Å²) in [5.41, 5.74) is 0.889. The summed E-state index contributed by atoms with van der Waals surface area (Å²) in [7, 11) is 1.67. The molecule has 138 valence electrons. The predicted octanol–water partition coefficient (Wildman–Crippen LogP) is 3.51. The van der Waals surface area contributed by atoms with Crippen molar-refractivity contribution in [3.05, 3.63) is 60.2 Å². The van der Waals surface area contributed by atoms with Gasteiger partial charge < -0.3 is 24.2 Å². The molecule has 6 nitrogen and oxygen atoms in total. The van der Waals surface area contributed by atoms with Crippen molar-refractivity contribution in [2.75, 3.05) is 26.8 Å². The Hall–Kier alpha value is -2.73. The van der Waals surface area contributed by atoms with Crippen molar-refractivity contribution in [2.24, 2.45) is 4.99 Å². The Morgan fingerprint density at radius 3 is 2.88 bits per heavy atom. The van der Waals surface area contributed by atoms with Gasteiger partial charge in [0.25, 0.3) is 0 Å². The number of para-hydroxylation sites is 1. The Labute approximate surface area is 153 Å².